The third-order valence-corrected chi connectivity index (χ3v) is 3.60. The van der Waals surface area contributed by atoms with Gasteiger partial charge in [0.2, 0.25) is 0 Å². The molecular formula is C17H24N2S. The summed E-state index contributed by atoms with van der Waals surface area (Å²) in [6.07, 6.45) is 11.4. The van der Waals surface area contributed by atoms with Crippen molar-refractivity contribution >= 4 is 18.8 Å². The van der Waals surface area contributed by atoms with Crippen LogP contribution in [0.5, 0.6) is 0 Å². The molecule has 0 aromatic rings. The number of nitrogens with two attached hydrogens (primary N) is 1. The second-order valence-corrected chi connectivity index (χ2v) is 5.60. The summed E-state index contributed by atoms with van der Waals surface area (Å²) < 4.78 is 0. The minimum atomic E-state index is 0.529. The van der Waals surface area contributed by atoms with Crippen LogP contribution in [0.15, 0.2) is 63.8 Å². The molecular weight excluding hydrogens is 264 g/mol. The van der Waals surface area contributed by atoms with E-state index in [-0.39, 0.29) is 0 Å². The molecule has 0 bridgehead atoms. The van der Waals surface area contributed by atoms with Gasteiger partial charge >= 0.3 is 0 Å². The van der Waals surface area contributed by atoms with Crippen LogP contribution < -0.4 is 5.73 Å². The molecule has 2 N–H and O–H groups in total. The van der Waals surface area contributed by atoms with Crippen molar-refractivity contribution in [2.45, 2.75) is 33.1 Å². The second-order valence-electron chi connectivity index (χ2n) is 5.03. The molecule has 1 aliphatic carbocycles. The lowest BCUT2D eigenvalue weighted by Gasteiger charge is -2.23. The van der Waals surface area contributed by atoms with Gasteiger partial charge in [-0.1, -0.05) is 30.9 Å². The summed E-state index contributed by atoms with van der Waals surface area (Å²) >= 11 is 4.06. The molecule has 108 valence electrons. The predicted octanol–water partition coefficient (Wildman–Crippen LogP) is 4.55. The molecule has 2 nitrogen and oxygen atoms in total. The minimum absolute atomic E-state index is 0.529. The van der Waals surface area contributed by atoms with Gasteiger partial charge in [-0.05, 0) is 50.7 Å². The van der Waals surface area contributed by atoms with E-state index in [1.165, 1.54) is 24.0 Å². The fourth-order valence-electron chi connectivity index (χ4n) is 2.32. The zero-order valence-electron chi connectivity index (χ0n) is 12.4. The standard InChI is InChI=1S/C17H24N2S/c1-5-7-15-8-6-9-16(13(15)3)10-17(18)14(4)19-11-12(2)20/h5,7,10-11,15,20H,2,4,6,8-9,18H2,1,3H3/b7-5-,17-10+,19-11-. The Morgan fingerprint density at radius 3 is 2.75 bits per heavy atom. The van der Waals surface area contributed by atoms with Crippen molar-refractivity contribution in [3.8, 4) is 0 Å². The molecule has 0 amide bonds. The Labute approximate surface area is 128 Å². The summed E-state index contributed by atoms with van der Waals surface area (Å²) in [7, 11) is 0. The van der Waals surface area contributed by atoms with Gasteiger partial charge in [0.15, 0.2) is 0 Å². The summed E-state index contributed by atoms with van der Waals surface area (Å²) in [6, 6.07) is 0. The van der Waals surface area contributed by atoms with Crippen molar-refractivity contribution < 1.29 is 0 Å². The third kappa shape index (κ3) is 4.89. The van der Waals surface area contributed by atoms with Crippen LogP contribution in [0.2, 0.25) is 0 Å². The highest BCUT2D eigenvalue weighted by molar-refractivity contribution is 7.85. The Morgan fingerprint density at radius 1 is 1.45 bits per heavy atom. The van der Waals surface area contributed by atoms with E-state index < -0.39 is 0 Å². The lowest BCUT2D eigenvalue weighted by atomic mass is 9.83. The van der Waals surface area contributed by atoms with Crippen molar-refractivity contribution in [2.24, 2.45) is 16.6 Å². The highest BCUT2D eigenvalue weighted by Gasteiger charge is 2.16. The largest absolute Gasteiger partial charge is 0.397 e. The number of allylic oxidation sites excluding steroid dienone is 6. The Bertz CT molecular complexity index is 507. The molecule has 0 aromatic heterocycles. The number of aliphatic imine (C=N–C) groups is 1. The zero-order valence-corrected chi connectivity index (χ0v) is 13.3. The van der Waals surface area contributed by atoms with Crippen LogP contribution in [0.1, 0.15) is 33.1 Å². The minimum Gasteiger partial charge on any atom is -0.397 e. The molecule has 0 fully saturated rings. The van der Waals surface area contributed by atoms with Gasteiger partial charge in [-0.2, -0.15) is 0 Å². The van der Waals surface area contributed by atoms with Crippen molar-refractivity contribution in [1.29, 1.82) is 0 Å². The van der Waals surface area contributed by atoms with Crippen LogP contribution >= 0.6 is 12.6 Å². The Morgan fingerprint density at radius 2 is 2.15 bits per heavy atom. The van der Waals surface area contributed by atoms with Crippen LogP contribution in [0.4, 0.5) is 0 Å². The van der Waals surface area contributed by atoms with E-state index >= 15 is 0 Å². The Kier molecular flexibility index (Phi) is 6.59. The molecule has 0 saturated heterocycles. The Balaban J connectivity index is 2.93. The molecule has 0 heterocycles. The van der Waals surface area contributed by atoms with Gasteiger partial charge in [0.1, 0.15) is 0 Å². The van der Waals surface area contributed by atoms with Gasteiger partial charge in [0.25, 0.3) is 0 Å². The van der Waals surface area contributed by atoms with Gasteiger partial charge in [-0.3, -0.25) is 4.99 Å². The lowest BCUT2D eigenvalue weighted by Crippen LogP contribution is -2.09. The smallest absolute Gasteiger partial charge is 0.0787 e. The van der Waals surface area contributed by atoms with E-state index in [0.29, 0.717) is 22.2 Å². The molecule has 0 aromatic carbocycles. The summed E-state index contributed by atoms with van der Waals surface area (Å²) in [5.41, 5.74) is 9.91. The van der Waals surface area contributed by atoms with E-state index in [1.54, 1.807) is 6.21 Å². The maximum Gasteiger partial charge on any atom is 0.0787 e. The monoisotopic (exact) mass is 288 g/mol. The number of thiol groups is 1. The van der Waals surface area contributed by atoms with Crippen molar-refractivity contribution in [1.82, 2.24) is 0 Å². The van der Waals surface area contributed by atoms with Gasteiger partial charge in [0, 0.05) is 11.1 Å². The first-order valence-corrected chi connectivity index (χ1v) is 7.31. The summed E-state index contributed by atoms with van der Waals surface area (Å²) in [5, 5.41) is 0. The van der Waals surface area contributed by atoms with Gasteiger partial charge in [0.05, 0.1) is 11.4 Å². The highest BCUT2D eigenvalue weighted by atomic mass is 32.1. The molecule has 1 aliphatic rings. The number of hydrogen-bond donors (Lipinski definition) is 2. The average molecular weight is 288 g/mol. The van der Waals surface area contributed by atoms with Crippen molar-refractivity contribution in [2.75, 3.05) is 0 Å². The van der Waals surface area contributed by atoms with Crippen LogP contribution in [0.3, 0.4) is 0 Å². The molecule has 20 heavy (non-hydrogen) atoms. The fraction of sp³-hybridized carbons (Fsp3) is 0.353. The maximum absolute atomic E-state index is 6.06. The lowest BCUT2D eigenvalue weighted by molar-refractivity contribution is 0.584. The average Bonchev–Trinajstić information content (AvgIpc) is 2.40. The van der Waals surface area contributed by atoms with E-state index in [4.69, 9.17) is 5.73 Å². The topological polar surface area (TPSA) is 38.4 Å². The molecule has 3 heteroatoms. The van der Waals surface area contributed by atoms with Crippen molar-refractivity contribution in [3.05, 3.63) is 58.8 Å². The molecule has 0 saturated carbocycles. The second kappa shape index (κ2) is 7.95. The quantitative estimate of drug-likeness (QED) is 0.331. The first kappa shape index (κ1) is 16.6. The van der Waals surface area contributed by atoms with Gasteiger partial charge in [-0.15, -0.1) is 12.6 Å². The van der Waals surface area contributed by atoms with Crippen molar-refractivity contribution in [3.63, 3.8) is 0 Å². The first-order chi connectivity index (χ1) is 9.45. The number of hydrogen-bond acceptors (Lipinski definition) is 3. The third-order valence-electron chi connectivity index (χ3n) is 3.48. The van der Waals surface area contributed by atoms with E-state index in [1.807, 2.05) is 6.08 Å². The molecule has 1 rings (SSSR count). The Hall–Kier alpha value is -1.48. The predicted molar refractivity (Wildman–Crippen MR) is 92.9 cm³/mol. The highest BCUT2D eigenvalue weighted by Crippen LogP contribution is 2.32. The first-order valence-electron chi connectivity index (χ1n) is 6.86. The van der Waals surface area contributed by atoms with Crippen LogP contribution in [0.25, 0.3) is 0 Å². The molecule has 1 unspecified atom stereocenters. The summed E-state index contributed by atoms with van der Waals surface area (Å²) in [5.74, 6) is 0.529. The number of nitrogens with zero attached hydrogens (tertiary/aromatic N) is 1. The number of rotatable bonds is 5. The van der Waals surface area contributed by atoms with Crippen LogP contribution in [-0.4, -0.2) is 6.21 Å². The summed E-state index contributed by atoms with van der Waals surface area (Å²) in [4.78, 5) is 4.73. The van der Waals surface area contributed by atoms with E-state index in [0.717, 1.165) is 6.42 Å². The SMILES string of the molecule is C=C(S)/C=N\C(=C)/C(N)=C\C1=C(C)C(/C=C\C)CCC1. The zero-order chi connectivity index (χ0) is 15.1. The molecule has 0 radical (unpaired) electrons. The molecule has 0 spiro atoms. The normalized spacial score (nSPS) is 20.9. The van der Waals surface area contributed by atoms with Gasteiger partial charge in [-0.25, -0.2) is 0 Å². The summed E-state index contributed by atoms with van der Waals surface area (Å²) in [6.45, 7) is 11.8. The van der Waals surface area contributed by atoms with E-state index in [9.17, 15) is 0 Å². The molecule has 1 atom stereocenters. The fourth-order valence-corrected chi connectivity index (χ4v) is 2.38. The molecule has 0 aliphatic heterocycles. The van der Waals surface area contributed by atoms with E-state index in [2.05, 4.69) is 56.8 Å². The van der Waals surface area contributed by atoms with Crippen LogP contribution in [0, 0.1) is 5.92 Å². The van der Waals surface area contributed by atoms with Crippen LogP contribution in [-0.2, 0) is 0 Å². The van der Waals surface area contributed by atoms with Gasteiger partial charge < -0.3 is 5.73 Å². The maximum atomic E-state index is 6.06.